The number of nitrogens with zero attached hydrogens (tertiary/aromatic N) is 6. The number of ether oxygens (including phenoxy) is 2. The number of aromatic nitrogens is 2. The Balaban J connectivity index is 0.805. The number of amides is 3. The van der Waals surface area contributed by atoms with Gasteiger partial charge in [-0.2, -0.15) is 4.98 Å². The molecule has 0 radical (unpaired) electrons. The van der Waals surface area contributed by atoms with Crippen molar-refractivity contribution in [3.63, 3.8) is 0 Å². The van der Waals surface area contributed by atoms with Crippen LogP contribution in [0.4, 0.5) is 28.8 Å². The smallest absolute Gasteiger partial charge is 0.251 e. The van der Waals surface area contributed by atoms with Gasteiger partial charge in [0.15, 0.2) is 5.82 Å². The van der Waals surface area contributed by atoms with Crippen LogP contribution in [0, 0.1) is 35.0 Å². The summed E-state index contributed by atoms with van der Waals surface area (Å²) in [5.41, 5.74) is 9.13. The summed E-state index contributed by atoms with van der Waals surface area (Å²) < 4.78 is 12.3. The Kier molecular flexibility index (Phi) is 13.7. The molecule has 6 N–H and O–H groups in total. The van der Waals surface area contributed by atoms with Gasteiger partial charge in [-0.25, -0.2) is 9.98 Å². The molecule has 1 saturated heterocycles. The first-order valence-corrected chi connectivity index (χ1v) is 25.3. The topological polar surface area (TPSA) is 201 Å². The lowest BCUT2D eigenvalue weighted by Crippen LogP contribution is -2.75. The number of fused-ring (bicyclic) bond motifs is 1. The van der Waals surface area contributed by atoms with Crippen LogP contribution in [0.2, 0.25) is 0 Å². The molecule has 1 unspecified atom stereocenters. The molecule has 4 heterocycles. The highest BCUT2D eigenvalue weighted by atomic mass is 16.5. The molecule has 16 heteroatoms. The van der Waals surface area contributed by atoms with Crippen LogP contribution in [0.1, 0.15) is 121 Å². The lowest BCUT2D eigenvalue weighted by atomic mass is 9.49. The maximum atomic E-state index is 14.3. The summed E-state index contributed by atoms with van der Waals surface area (Å²) in [5.74, 6) is 3.18. The number of nitrogens with two attached hydrogens (primary N) is 1. The first-order valence-electron chi connectivity index (χ1n) is 25.3. The minimum absolute atomic E-state index is 0.0583. The number of hydrogen-bond acceptors (Lipinski definition) is 13. The predicted molar refractivity (Wildman–Crippen MR) is 272 cm³/mol. The molecule has 3 aliphatic heterocycles. The molecule has 2 aromatic carbocycles. The van der Waals surface area contributed by atoms with Gasteiger partial charge in [-0.15, -0.1) is 0 Å². The second-order valence-corrected chi connectivity index (χ2v) is 21.9. The number of aryl methyl sites for hydroxylation is 1. The highest BCUT2D eigenvalue weighted by Crippen LogP contribution is 2.56. The quantitative estimate of drug-likeness (QED) is 0.0846. The Morgan fingerprint density at radius 1 is 1.00 bits per heavy atom. The third kappa shape index (κ3) is 10.0. The molecule has 3 aliphatic carbocycles. The van der Waals surface area contributed by atoms with E-state index in [0.29, 0.717) is 54.1 Å². The van der Waals surface area contributed by atoms with Crippen molar-refractivity contribution in [3.05, 3.63) is 53.7 Å². The van der Waals surface area contributed by atoms with Crippen molar-refractivity contribution < 1.29 is 23.9 Å². The number of hydrogen-bond donors (Lipinski definition) is 5. The van der Waals surface area contributed by atoms with Gasteiger partial charge < -0.3 is 46.3 Å². The molecule has 6 aliphatic rings. The largest absolute Gasteiger partial charge is 0.495 e. The van der Waals surface area contributed by atoms with E-state index < -0.39 is 5.92 Å². The zero-order chi connectivity index (χ0) is 48.7. The highest BCUT2D eigenvalue weighted by Gasteiger charge is 2.64. The average Bonchev–Trinajstić information content (AvgIpc) is 3.88. The van der Waals surface area contributed by atoms with Gasteiger partial charge in [0.2, 0.25) is 17.8 Å². The third-order valence-corrected chi connectivity index (χ3v) is 16.3. The molecule has 0 bridgehead atoms. The summed E-state index contributed by atoms with van der Waals surface area (Å²) in [7, 11) is 3.41. The summed E-state index contributed by atoms with van der Waals surface area (Å²) in [6, 6.07) is 10.9. The monoisotopic (exact) mass is 944 g/mol. The van der Waals surface area contributed by atoms with Gasteiger partial charge in [-0.1, -0.05) is 47.0 Å². The lowest BCUT2D eigenvalue weighted by molar-refractivity contribution is -0.174. The standard InChI is InChI=1S/C53H73N11O5/c1-32-25-37(15-16-38(32)54)69-49-51(2,3)48(52(49,4)5)62-46(66)35-29-56-43(57-30-35)27-53(21-22-53)20-10-13-40-47(67)63(6)41-31-59-50(61-44(41)64(40)36-11-8-9-12-36)60-39-17-14-34(26-42(39)68-7)45(65)58-28-33-18-23-55-24-19-33/h14-17,25-26,29,31,33,35-36,40,48-49,55H,8-13,18-24,27-28,30,54H2,1-7H3,(H,58,65)(H,62,66)(H,59,60,61)/t35?,40-,48?,49?/m1/s1. The molecular formula is C53H73N11O5. The van der Waals surface area contributed by atoms with E-state index in [2.05, 4.69) is 58.8 Å². The van der Waals surface area contributed by atoms with Crippen LogP contribution in [0.5, 0.6) is 11.5 Å². The average molecular weight is 944 g/mol. The normalized spacial score (nSPS) is 24.7. The van der Waals surface area contributed by atoms with E-state index in [-0.39, 0.29) is 58.2 Å². The van der Waals surface area contributed by atoms with Crippen molar-refractivity contribution in [3.8, 4) is 11.5 Å². The van der Waals surface area contributed by atoms with Crippen LogP contribution >= 0.6 is 0 Å². The van der Waals surface area contributed by atoms with E-state index >= 15 is 0 Å². The summed E-state index contributed by atoms with van der Waals surface area (Å²) in [6.45, 7) is 13.6. The Hall–Kier alpha value is -5.77. The number of piperidine rings is 1. The van der Waals surface area contributed by atoms with E-state index in [1.54, 1.807) is 36.6 Å². The second kappa shape index (κ2) is 19.6. The van der Waals surface area contributed by atoms with Gasteiger partial charge >= 0.3 is 0 Å². The number of aliphatic imine (C=N–C) groups is 2. The van der Waals surface area contributed by atoms with Crippen LogP contribution in [-0.4, -0.2) is 104 Å². The number of methoxy groups -OCH3 is 1. The molecule has 9 rings (SSSR count). The van der Waals surface area contributed by atoms with E-state index in [1.807, 2.05) is 38.2 Å². The van der Waals surface area contributed by atoms with Crippen molar-refractivity contribution in [2.45, 2.75) is 136 Å². The number of benzene rings is 2. The molecule has 370 valence electrons. The number of anilines is 5. The van der Waals surface area contributed by atoms with Gasteiger partial charge in [0.25, 0.3) is 5.91 Å². The number of nitrogens with one attached hydrogen (secondary N) is 4. The number of amidine groups is 1. The van der Waals surface area contributed by atoms with Crippen LogP contribution in [0.15, 0.2) is 52.6 Å². The molecule has 69 heavy (non-hydrogen) atoms. The maximum Gasteiger partial charge on any atom is 0.251 e. The SMILES string of the molecule is COc1cc(C(=O)NCC2CCNCC2)ccc1Nc1ncc2c(n1)N(C1CCCC1)[C@H](CCCC1(CC3=NCC(C(=O)NC4C(C)(C)C(Oc5ccc(N)c(C)c5)C4(C)C)C=N3)CC1)C(=O)N2C. The van der Waals surface area contributed by atoms with Crippen molar-refractivity contribution in [2.24, 2.45) is 38.1 Å². The van der Waals surface area contributed by atoms with E-state index in [1.165, 1.54) is 0 Å². The van der Waals surface area contributed by atoms with Gasteiger partial charge in [0, 0.05) is 60.4 Å². The molecule has 3 amide bonds. The molecule has 3 aromatic rings. The van der Waals surface area contributed by atoms with E-state index in [0.717, 1.165) is 112 Å². The third-order valence-electron chi connectivity index (χ3n) is 16.3. The molecule has 2 atom stereocenters. The minimum atomic E-state index is -0.428. The first kappa shape index (κ1) is 48.3. The second-order valence-electron chi connectivity index (χ2n) is 21.9. The number of nitrogen functional groups attached to an aromatic ring is 1. The Morgan fingerprint density at radius 2 is 1.75 bits per heavy atom. The lowest BCUT2D eigenvalue weighted by Gasteiger charge is -2.63. The Bertz CT molecular complexity index is 2460. The maximum absolute atomic E-state index is 14.3. The van der Waals surface area contributed by atoms with Crippen molar-refractivity contribution >= 4 is 58.6 Å². The number of carbonyl (C=O) groups is 3. The Morgan fingerprint density at radius 3 is 2.43 bits per heavy atom. The van der Waals surface area contributed by atoms with Crippen molar-refractivity contribution in [1.29, 1.82) is 0 Å². The van der Waals surface area contributed by atoms with Gasteiger partial charge in [-0.05, 0) is 125 Å². The van der Waals surface area contributed by atoms with Crippen LogP contribution in [-0.2, 0) is 9.59 Å². The van der Waals surface area contributed by atoms with Crippen LogP contribution in [0.25, 0.3) is 0 Å². The molecular weight excluding hydrogens is 871 g/mol. The van der Waals surface area contributed by atoms with Crippen LogP contribution < -0.4 is 46.3 Å². The molecule has 16 nitrogen and oxygen atoms in total. The zero-order valence-electron chi connectivity index (χ0n) is 41.7. The van der Waals surface area contributed by atoms with E-state index in [9.17, 15) is 14.4 Å². The number of likely N-dealkylation sites (N-methyl/N-ethyl adjacent to an activating group) is 1. The Labute approximate surface area is 407 Å². The molecule has 0 spiro atoms. The zero-order valence-corrected chi connectivity index (χ0v) is 41.7. The van der Waals surface area contributed by atoms with Gasteiger partial charge in [-0.3, -0.25) is 19.4 Å². The number of rotatable bonds is 17. The highest BCUT2D eigenvalue weighted by molar-refractivity contribution is 6.05. The fraction of sp³-hybridized carbons (Fsp3) is 0.604. The van der Waals surface area contributed by atoms with Crippen molar-refractivity contribution in [2.75, 3.05) is 61.2 Å². The summed E-state index contributed by atoms with van der Waals surface area (Å²) in [4.78, 5) is 64.5. The fourth-order valence-electron chi connectivity index (χ4n) is 12.1. The summed E-state index contributed by atoms with van der Waals surface area (Å²) in [5, 5.41) is 13.2. The predicted octanol–water partition coefficient (Wildman–Crippen LogP) is 7.38. The summed E-state index contributed by atoms with van der Waals surface area (Å²) in [6.07, 6.45) is 15.3. The summed E-state index contributed by atoms with van der Waals surface area (Å²) >= 11 is 0. The van der Waals surface area contributed by atoms with Crippen LogP contribution in [0.3, 0.4) is 0 Å². The molecule has 3 saturated carbocycles. The number of carbonyl (C=O) groups excluding carboxylic acids is 3. The molecule has 1 aromatic heterocycles. The fourth-order valence-corrected chi connectivity index (χ4v) is 12.1. The van der Waals surface area contributed by atoms with Gasteiger partial charge in [0.05, 0.1) is 31.5 Å². The molecule has 4 fully saturated rings. The van der Waals surface area contributed by atoms with E-state index in [4.69, 9.17) is 30.2 Å². The van der Waals surface area contributed by atoms with Gasteiger partial charge in [0.1, 0.15) is 35.2 Å². The van der Waals surface area contributed by atoms with Crippen molar-refractivity contribution in [1.82, 2.24) is 25.9 Å². The first-order chi connectivity index (χ1) is 33.1. The minimum Gasteiger partial charge on any atom is -0.495 e.